The highest BCUT2D eigenvalue weighted by molar-refractivity contribution is 5.48. The Balaban J connectivity index is 2.13. The molecule has 1 heterocycles. The van der Waals surface area contributed by atoms with Crippen LogP contribution in [-0.4, -0.2) is 15.2 Å². The highest BCUT2D eigenvalue weighted by Crippen LogP contribution is 2.44. The van der Waals surface area contributed by atoms with E-state index in [1.165, 1.54) is 5.56 Å². The monoisotopic (exact) mass is 381 g/mol. The lowest BCUT2D eigenvalue weighted by atomic mass is 9.72. The molecular weight excluding hydrogens is 346 g/mol. The van der Waals surface area contributed by atoms with Crippen molar-refractivity contribution in [1.82, 2.24) is 4.98 Å². The van der Waals surface area contributed by atoms with Crippen LogP contribution in [0.25, 0.3) is 0 Å². The number of fused-ring (bicyclic) bond motifs is 1. The summed E-state index contributed by atoms with van der Waals surface area (Å²) >= 11 is 0. The normalized spacial score (nSPS) is 19.8. The van der Waals surface area contributed by atoms with Crippen LogP contribution < -0.4 is 0 Å². The number of hydrogen-bond acceptors (Lipinski definition) is 3. The fraction of sp³-hybridized carbons (Fsp3) is 0.560. The van der Waals surface area contributed by atoms with E-state index in [1.54, 1.807) is 0 Å². The second-order valence-electron chi connectivity index (χ2n) is 9.84. The van der Waals surface area contributed by atoms with Gasteiger partial charge in [0.25, 0.3) is 0 Å². The molecule has 152 valence electrons. The van der Waals surface area contributed by atoms with Crippen molar-refractivity contribution < 1.29 is 10.2 Å². The molecule has 3 nitrogen and oxygen atoms in total. The number of aromatic nitrogens is 1. The van der Waals surface area contributed by atoms with Crippen molar-refractivity contribution in [3.63, 3.8) is 0 Å². The summed E-state index contributed by atoms with van der Waals surface area (Å²) in [4.78, 5) is 4.99. The first-order chi connectivity index (χ1) is 13.0. The molecule has 2 atom stereocenters. The summed E-state index contributed by atoms with van der Waals surface area (Å²) in [5, 5.41) is 22.2. The zero-order chi connectivity index (χ0) is 20.8. The number of benzene rings is 1. The molecule has 2 N–H and O–H groups in total. The Morgan fingerprint density at radius 2 is 1.57 bits per heavy atom. The minimum absolute atomic E-state index is 0.0346. The predicted octanol–water partition coefficient (Wildman–Crippen LogP) is 5.72. The topological polar surface area (TPSA) is 53.4 Å². The molecule has 0 spiro atoms. The van der Waals surface area contributed by atoms with Crippen molar-refractivity contribution in [1.29, 1.82) is 0 Å². The summed E-state index contributed by atoms with van der Waals surface area (Å²) in [6.07, 6.45) is 0.321. The van der Waals surface area contributed by atoms with Gasteiger partial charge in [0, 0.05) is 22.5 Å². The molecule has 3 rings (SSSR count). The zero-order valence-corrected chi connectivity index (χ0v) is 18.4. The van der Waals surface area contributed by atoms with Gasteiger partial charge in [0.1, 0.15) is 6.10 Å². The summed E-state index contributed by atoms with van der Waals surface area (Å²) in [6, 6.07) is 8.22. The lowest BCUT2D eigenvalue weighted by Gasteiger charge is -2.36. The van der Waals surface area contributed by atoms with E-state index < -0.39 is 12.2 Å². The molecule has 0 fully saturated rings. The molecule has 28 heavy (non-hydrogen) atoms. The lowest BCUT2D eigenvalue weighted by Crippen LogP contribution is -2.29. The van der Waals surface area contributed by atoms with E-state index in [9.17, 15) is 10.2 Å². The van der Waals surface area contributed by atoms with Crippen molar-refractivity contribution in [2.24, 2.45) is 5.41 Å². The second kappa shape index (κ2) is 7.61. The molecule has 0 bridgehead atoms. The minimum atomic E-state index is -0.737. The van der Waals surface area contributed by atoms with Crippen LogP contribution in [-0.2, 0) is 6.42 Å². The van der Waals surface area contributed by atoms with E-state index in [0.29, 0.717) is 5.92 Å². The van der Waals surface area contributed by atoms with E-state index in [4.69, 9.17) is 4.98 Å². The molecule has 1 aromatic heterocycles. The van der Waals surface area contributed by atoms with E-state index >= 15 is 0 Å². The van der Waals surface area contributed by atoms with Crippen LogP contribution in [0, 0.1) is 12.3 Å². The Labute approximate surface area is 169 Å². The first kappa shape index (κ1) is 21.0. The van der Waals surface area contributed by atoms with E-state index in [-0.39, 0.29) is 11.3 Å². The van der Waals surface area contributed by atoms with Crippen LogP contribution >= 0.6 is 0 Å². The Morgan fingerprint density at radius 1 is 1.00 bits per heavy atom. The van der Waals surface area contributed by atoms with E-state index in [0.717, 1.165) is 46.5 Å². The molecule has 0 saturated heterocycles. The van der Waals surface area contributed by atoms with Gasteiger partial charge in [-0.05, 0) is 53.7 Å². The maximum absolute atomic E-state index is 11.3. The molecule has 1 aliphatic carbocycles. The Bertz CT molecular complexity index is 850. The molecule has 2 aromatic rings. The SMILES string of the molecule is Cc1c2c(nc(C(C)C)c1C(O)c1ccc(C(C)C)cc1)CC(C)(C)CC2O. The number of aliphatic hydroxyl groups excluding tert-OH is 2. The minimum Gasteiger partial charge on any atom is -0.388 e. The third-order valence-corrected chi connectivity index (χ3v) is 6.11. The number of rotatable bonds is 4. The van der Waals surface area contributed by atoms with Crippen LogP contribution in [0.2, 0.25) is 0 Å². The van der Waals surface area contributed by atoms with Crippen LogP contribution in [0.1, 0.15) is 111 Å². The summed E-state index contributed by atoms with van der Waals surface area (Å²) in [5.41, 5.74) is 6.91. The molecule has 0 radical (unpaired) electrons. The van der Waals surface area contributed by atoms with Gasteiger partial charge in [-0.1, -0.05) is 65.8 Å². The number of aliphatic hydroxyl groups is 2. The molecular formula is C25H35NO2. The van der Waals surface area contributed by atoms with Crippen LogP contribution in [0.5, 0.6) is 0 Å². The predicted molar refractivity (Wildman–Crippen MR) is 115 cm³/mol. The summed E-state index contributed by atoms with van der Waals surface area (Å²) in [6.45, 7) is 15.0. The van der Waals surface area contributed by atoms with Crippen molar-refractivity contribution in [2.45, 2.75) is 85.4 Å². The smallest absolute Gasteiger partial charge is 0.106 e. The lowest BCUT2D eigenvalue weighted by molar-refractivity contribution is 0.0968. The number of nitrogens with zero attached hydrogens (tertiary/aromatic N) is 1. The third-order valence-electron chi connectivity index (χ3n) is 6.11. The van der Waals surface area contributed by atoms with Crippen molar-refractivity contribution >= 4 is 0 Å². The quantitative estimate of drug-likeness (QED) is 0.712. The summed E-state index contributed by atoms with van der Waals surface area (Å²) < 4.78 is 0. The fourth-order valence-electron chi connectivity index (χ4n) is 4.56. The van der Waals surface area contributed by atoms with Crippen molar-refractivity contribution in [3.05, 3.63) is 63.5 Å². The Morgan fingerprint density at radius 3 is 2.11 bits per heavy atom. The fourth-order valence-corrected chi connectivity index (χ4v) is 4.56. The standard InChI is InChI=1S/C25H35NO2/c1-14(2)17-8-10-18(11-9-17)24(28)22-16(5)21-19(26-23(22)15(3)4)12-25(6,7)13-20(21)27/h8-11,14-15,20,24,27-28H,12-13H2,1-7H3. The first-order valence-corrected chi connectivity index (χ1v) is 10.5. The summed E-state index contributed by atoms with van der Waals surface area (Å²) in [7, 11) is 0. The molecule has 1 aromatic carbocycles. The number of hydrogen-bond donors (Lipinski definition) is 2. The average Bonchev–Trinajstić information content (AvgIpc) is 2.59. The van der Waals surface area contributed by atoms with Gasteiger partial charge in [-0.2, -0.15) is 0 Å². The number of pyridine rings is 1. The maximum atomic E-state index is 11.3. The molecule has 3 heteroatoms. The van der Waals surface area contributed by atoms with Crippen molar-refractivity contribution in [3.8, 4) is 0 Å². The van der Waals surface area contributed by atoms with Gasteiger partial charge < -0.3 is 10.2 Å². The molecule has 0 saturated carbocycles. The van der Waals surface area contributed by atoms with Gasteiger partial charge in [0.2, 0.25) is 0 Å². The largest absolute Gasteiger partial charge is 0.388 e. The maximum Gasteiger partial charge on any atom is 0.106 e. The zero-order valence-electron chi connectivity index (χ0n) is 18.4. The van der Waals surface area contributed by atoms with Gasteiger partial charge in [-0.25, -0.2) is 0 Å². The highest BCUT2D eigenvalue weighted by Gasteiger charge is 2.36. The Hall–Kier alpha value is -1.71. The first-order valence-electron chi connectivity index (χ1n) is 10.5. The molecule has 2 unspecified atom stereocenters. The van der Waals surface area contributed by atoms with E-state index in [2.05, 4.69) is 53.7 Å². The van der Waals surface area contributed by atoms with E-state index in [1.807, 2.05) is 19.1 Å². The van der Waals surface area contributed by atoms with Crippen LogP contribution in [0.4, 0.5) is 0 Å². The highest BCUT2D eigenvalue weighted by atomic mass is 16.3. The molecule has 0 amide bonds. The summed E-state index contributed by atoms with van der Waals surface area (Å²) in [5.74, 6) is 0.661. The molecule has 1 aliphatic rings. The third kappa shape index (κ3) is 3.88. The molecule has 0 aliphatic heterocycles. The Kier molecular flexibility index (Phi) is 5.71. The van der Waals surface area contributed by atoms with Gasteiger partial charge in [0.15, 0.2) is 0 Å². The average molecular weight is 382 g/mol. The van der Waals surface area contributed by atoms with Crippen LogP contribution in [0.3, 0.4) is 0 Å². The second-order valence-corrected chi connectivity index (χ2v) is 9.84. The van der Waals surface area contributed by atoms with Crippen LogP contribution in [0.15, 0.2) is 24.3 Å². The van der Waals surface area contributed by atoms with Crippen molar-refractivity contribution in [2.75, 3.05) is 0 Å². The van der Waals surface area contributed by atoms with Gasteiger partial charge >= 0.3 is 0 Å². The van der Waals surface area contributed by atoms with Gasteiger partial charge in [-0.15, -0.1) is 0 Å². The van der Waals surface area contributed by atoms with Gasteiger partial charge in [0.05, 0.1) is 6.10 Å². The van der Waals surface area contributed by atoms with Gasteiger partial charge in [-0.3, -0.25) is 4.98 Å².